The predicted octanol–water partition coefficient (Wildman–Crippen LogP) is 4.14. The summed E-state index contributed by atoms with van der Waals surface area (Å²) in [6.45, 7) is 6.40. The second-order valence-electron chi connectivity index (χ2n) is 6.44. The quantitative estimate of drug-likeness (QED) is 0.842. The van der Waals surface area contributed by atoms with Crippen molar-refractivity contribution in [2.45, 2.75) is 58.7 Å². The highest BCUT2D eigenvalue weighted by Gasteiger charge is 2.22. The van der Waals surface area contributed by atoms with Gasteiger partial charge < -0.3 is 10.1 Å². The molecule has 0 radical (unpaired) electrons. The Bertz CT molecular complexity index is 394. The molecule has 0 aromatic heterocycles. The van der Waals surface area contributed by atoms with Crippen molar-refractivity contribution < 1.29 is 4.74 Å². The highest BCUT2D eigenvalue weighted by Crippen LogP contribution is 2.30. The molecule has 1 N–H and O–H groups in total. The van der Waals surface area contributed by atoms with E-state index in [1.807, 2.05) is 0 Å². The van der Waals surface area contributed by atoms with Gasteiger partial charge in [0.2, 0.25) is 0 Å². The monoisotopic (exact) mass is 275 g/mol. The summed E-state index contributed by atoms with van der Waals surface area (Å²) in [4.78, 5) is 0. The third-order valence-corrected chi connectivity index (χ3v) is 4.71. The van der Waals surface area contributed by atoms with Crippen LogP contribution < -0.4 is 5.32 Å². The molecular weight excluding hydrogens is 246 g/mol. The minimum Gasteiger partial charge on any atom is -0.380 e. The molecule has 20 heavy (non-hydrogen) atoms. The summed E-state index contributed by atoms with van der Waals surface area (Å²) in [7, 11) is 1.76. The van der Waals surface area contributed by atoms with Gasteiger partial charge in [-0.05, 0) is 48.6 Å². The Hall–Kier alpha value is -0.860. The van der Waals surface area contributed by atoms with Crippen LogP contribution in [0, 0.1) is 11.8 Å². The third kappa shape index (κ3) is 4.32. The SMILES string of the molecule is COCc1ccccc1CNC1CCC(C(C)C)CC1. The van der Waals surface area contributed by atoms with Crippen molar-refractivity contribution in [3.8, 4) is 0 Å². The fourth-order valence-corrected chi connectivity index (χ4v) is 3.27. The summed E-state index contributed by atoms with van der Waals surface area (Å²) in [6, 6.07) is 9.27. The van der Waals surface area contributed by atoms with E-state index in [9.17, 15) is 0 Å². The van der Waals surface area contributed by atoms with Crippen molar-refractivity contribution in [1.29, 1.82) is 0 Å². The first-order valence-corrected chi connectivity index (χ1v) is 7.99. The van der Waals surface area contributed by atoms with Crippen LogP contribution >= 0.6 is 0 Å². The van der Waals surface area contributed by atoms with Gasteiger partial charge in [0.15, 0.2) is 0 Å². The molecular formula is C18H29NO. The van der Waals surface area contributed by atoms with Crippen LogP contribution in [0.4, 0.5) is 0 Å². The number of rotatable bonds is 6. The van der Waals surface area contributed by atoms with Crippen LogP contribution in [0.15, 0.2) is 24.3 Å². The number of methoxy groups -OCH3 is 1. The Morgan fingerprint density at radius 2 is 1.75 bits per heavy atom. The molecule has 2 nitrogen and oxygen atoms in total. The maximum absolute atomic E-state index is 5.27. The lowest BCUT2D eigenvalue weighted by atomic mass is 9.79. The van der Waals surface area contributed by atoms with Gasteiger partial charge in [0.05, 0.1) is 6.61 Å². The molecule has 0 aliphatic heterocycles. The minimum atomic E-state index is 0.695. The molecule has 0 unspecified atom stereocenters. The van der Waals surface area contributed by atoms with Crippen LogP contribution in [-0.4, -0.2) is 13.2 Å². The lowest BCUT2D eigenvalue weighted by Crippen LogP contribution is -2.34. The number of hydrogen-bond donors (Lipinski definition) is 1. The molecule has 1 saturated carbocycles. The van der Waals surface area contributed by atoms with Gasteiger partial charge in [0, 0.05) is 19.7 Å². The van der Waals surface area contributed by atoms with E-state index in [0.717, 1.165) is 18.4 Å². The Morgan fingerprint density at radius 3 is 2.35 bits per heavy atom. The number of benzene rings is 1. The van der Waals surface area contributed by atoms with Gasteiger partial charge in [-0.3, -0.25) is 0 Å². The molecule has 112 valence electrons. The average molecular weight is 275 g/mol. The lowest BCUT2D eigenvalue weighted by Gasteiger charge is -2.31. The Morgan fingerprint density at radius 1 is 1.10 bits per heavy atom. The second kappa shape index (κ2) is 7.80. The average Bonchev–Trinajstić information content (AvgIpc) is 2.47. The fraction of sp³-hybridized carbons (Fsp3) is 0.667. The number of nitrogens with one attached hydrogen (secondary N) is 1. The van der Waals surface area contributed by atoms with Gasteiger partial charge in [-0.15, -0.1) is 0 Å². The molecule has 1 aliphatic carbocycles. The first-order chi connectivity index (χ1) is 9.70. The first kappa shape index (κ1) is 15.5. The van der Waals surface area contributed by atoms with Crippen molar-refractivity contribution in [1.82, 2.24) is 5.32 Å². The molecule has 1 fully saturated rings. The predicted molar refractivity (Wildman–Crippen MR) is 84.6 cm³/mol. The van der Waals surface area contributed by atoms with Gasteiger partial charge in [-0.25, -0.2) is 0 Å². The molecule has 0 amide bonds. The first-order valence-electron chi connectivity index (χ1n) is 7.99. The van der Waals surface area contributed by atoms with Crippen molar-refractivity contribution in [3.63, 3.8) is 0 Å². The van der Waals surface area contributed by atoms with Crippen LogP contribution in [0.3, 0.4) is 0 Å². The molecule has 2 rings (SSSR count). The lowest BCUT2D eigenvalue weighted by molar-refractivity contribution is 0.183. The van der Waals surface area contributed by atoms with Crippen LogP contribution in [0.1, 0.15) is 50.7 Å². The molecule has 0 heterocycles. The van der Waals surface area contributed by atoms with Crippen molar-refractivity contribution >= 4 is 0 Å². The van der Waals surface area contributed by atoms with Crippen LogP contribution in [-0.2, 0) is 17.9 Å². The van der Waals surface area contributed by atoms with Crippen LogP contribution in [0.5, 0.6) is 0 Å². The van der Waals surface area contributed by atoms with Gasteiger partial charge >= 0.3 is 0 Å². The number of ether oxygens (including phenoxy) is 1. The highest BCUT2D eigenvalue weighted by molar-refractivity contribution is 5.26. The molecule has 0 saturated heterocycles. The summed E-state index contributed by atoms with van der Waals surface area (Å²) in [6.07, 6.45) is 5.43. The highest BCUT2D eigenvalue weighted by atomic mass is 16.5. The van der Waals surface area contributed by atoms with E-state index < -0.39 is 0 Å². The van der Waals surface area contributed by atoms with Crippen LogP contribution in [0.2, 0.25) is 0 Å². The maximum atomic E-state index is 5.27. The summed E-state index contributed by atoms with van der Waals surface area (Å²) in [5, 5.41) is 3.74. The normalized spacial score (nSPS) is 23.2. The van der Waals surface area contributed by atoms with E-state index >= 15 is 0 Å². The van der Waals surface area contributed by atoms with E-state index in [1.54, 1.807) is 7.11 Å². The molecule has 0 bridgehead atoms. The zero-order valence-electron chi connectivity index (χ0n) is 13.2. The summed E-state index contributed by atoms with van der Waals surface area (Å²) >= 11 is 0. The van der Waals surface area contributed by atoms with Gasteiger partial charge in [-0.1, -0.05) is 38.1 Å². The van der Waals surface area contributed by atoms with E-state index in [-0.39, 0.29) is 0 Å². The molecule has 2 heteroatoms. The zero-order valence-corrected chi connectivity index (χ0v) is 13.2. The molecule has 1 aromatic rings. The van der Waals surface area contributed by atoms with E-state index in [2.05, 4.69) is 43.4 Å². The fourth-order valence-electron chi connectivity index (χ4n) is 3.27. The minimum absolute atomic E-state index is 0.695. The third-order valence-electron chi connectivity index (χ3n) is 4.71. The van der Waals surface area contributed by atoms with E-state index in [0.29, 0.717) is 12.6 Å². The Labute approximate surface area is 123 Å². The number of hydrogen-bond acceptors (Lipinski definition) is 2. The van der Waals surface area contributed by atoms with E-state index in [1.165, 1.54) is 36.8 Å². The van der Waals surface area contributed by atoms with Gasteiger partial charge in [-0.2, -0.15) is 0 Å². The van der Waals surface area contributed by atoms with Crippen LogP contribution in [0.25, 0.3) is 0 Å². The van der Waals surface area contributed by atoms with Crippen molar-refractivity contribution in [2.24, 2.45) is 11.8 Å². The molecule has 1 aromatic carbocycles. The van der Waals surface area contributed by atoms with Gasteiger partial charge in [0.25, 0.3) is 0 Å². The molecule has 1 aliphatic rings. The smallest absolute Gasteiger partial charge is 0.0716 e. The largest absolute Gasteiger partial charge is 0.380 e. The molecule has 0 atom stereocenters. The second-order valence-corrected chi connectivity index (χ2v) is 6.44. The van der Waals surface area contributed by atoms with Gasteiger partial charge in [0.1, 0.15) is 0 Å². The topological polar surface area (TPSA) is 21.3 Å². The summed E-state index contributed by atoms with van der Waals surface area (Å²) in [5.41, 5.74) is 2.68. The maximum Gasteiger partial charge on any atom is 0.0716 e. The standard InChI is InChI=1S/C18H29NO/c1-14(2)15-8-10-18(11-9-15)19-12-16-6-4-5-7-17(16)13-20-3/h4-7,14-15,18-19H,8-13H2,1-3H3. The van der Waals surface area contributed by atoms with Crippen molar-refractivity contribution in [2.75, 3.05) is 7.11 Å². The molecule has 0 spiro atoms. The summed E-state index contributed by atoms with van der Waals surface area (Å²) in [5.74, 6) is 1.78. The Balaban J connectivity index is 1.81. The zero-order chi connectivity index (χ0) is 14.4. The summed E-state index contributed by atoms with van der Waals surface area (Å²) < 4.78 is 5.27. The van der Waals surface area contributed by atoms with E-state index in [4.69, 9.17) is 4.74 Å². The Kier molecular flexibility index (Phi) is 6.06. The van der Waals surface area contributed by atoms with Crippen molar-refractivity contribution in [3.05, 3.63) is 35.4 Å².